The molecule has 0 radical (unpaired) electrons. The Bertz CT molecular complexity index is 728. The third-order valence-electron chi connectivity index (χ3n) is 4.55. The van der Waals surface area contributed by atoms with Crippen molar-refractivity contribution in [3.05, 3.63) is 39.9 Å². The fraction of sp³-hybridized carbons (Fsp3) is 0.389. The smallest absolute Gasteiger partial charge is 0.307 e. The number of hydrogen-bond donors (Lipinski definition) is 2. The van der Waals surface area contributed by atoms with E-state index in [1.165, 1.54) is 6.08 Å². The maximum Gasteiger partial charge on any atom is 0.307 e. The number of nitrogens with two attached hydrogens (primary N) is 1. The SMILES string of the molecule is NC(=O)CC(C(=O)O)C1CCN(C(=O)C=Cc2cccc(Cl)c2Cl)CC1. The molecule has 2 rings (SSSR count). The molecule has 6 nitrogen and oxygen atoms in total. The van der Waals surface area contributed by atoms with Crippen LogP contribution in [0.4, 0.5) is 0 Å². The number of likely N-dealkylation sites (tertiary alicyclic amines) is 1. The van der Waals surface area contributed by atoms with E-state index < -0.39 is 17.8 Å². The summed E-state index contributed by atoms with van der Waals surface area (Å²) in [4.78, 5) is 36.4. The van der Waals surface area contributed by atoms with E-state index in [4.69, 9.17) is 28.9 Å². The molecule has 0 bridgehead atoms. The van der Waals surface area contributed by atoms with Gasteiger partial charge in [0.05, 0.1) is 16.0 Å². The predicted molar refractivity (Wildman–Crippen MR) is 99.7 cm³/mol. The van der Waals surface area contributed by atoms with Gasteiger partial charge in [0.25, 0.3) is 0 Å². The molecule has 8 heteroatoms. The number of carboxylic acid groups (broad SMARTS) is 1. The van der Waals surface area contributed by atoms with Gasteiger partial charge in [-0.15, -0.1) is 0 Å². The van der Waals surface area contributed by atoms with Crippen LogP contribution in [0.1, 0.15) is 24.8 Å². The van der Waals surface area contributed by atoms with Gasteiger partial charge in [-0.25, -0.2) is 0 Å². The molecule has 1 aromatic rings. The fourth-order valence-electron chi connectivity index (χ4n) is 3.11. The molecule has 3 N–H and O–H groups in total. The minimum absolute atomic E-state index is 0.171. The van der Waals surface area contributed by atoms with Crippen molar-refractivity contribution in [2.75, 3.05) is 13.1 Å². The molecule has 1 atom stereocenters. The van der Waals surface area contributed by atoms with Gasteiger partial charge in [-0.05, 0) is 36.5 Å². The summed E-state index contributed by atoms with van der Waals surface area (Å²) in [6.07, 6.45) is 3.89. The summed E-state index contributed by atoms with van der Waals surface area (Å²) in [5.41, 5.74) is 5.78. The Hall–Kier alpha value is -2.05. The zero-order chi connectivity index (χ0) is 19.3. The van der Waals surface area contributed by atoms with E-state index in [-0.39, 0.29) is 18.2 Å². The monoisotopic (exact) mass is 398 g/mol. The zero-order valence-corrected chi connectivity index (χ0v) is 15.5. The van der Waals surface area contributed by atoms with Crippen LogP contribution in [0.2, 0.25) is 10.0 Å². The van der Waals surface area contributed by atoms with Crippen molar-refractivity contribution in [3.8, 4) is 0 Å². The first-order chi connectivity index (χ1) is 12.3. The summed E-state index contributed by atoms with van der Waals surface area (Å²) in [6, 6.07) is 5.17. The Balaban J connectivity index is 1.95. The van der Waals surface area contributed by atoms with Gasteiger partial charge < -0.3 is 15.7 Å². The van der Waals surface area contributed by atoms with E-state index in [0.717, 1.165) is 0 Å². The number of primary amides is 1. The Morgan fingerprint density at radius 1 is 1.27 bits per heavy atom. The highest BCUT2D eigenvalue weighted by molar-refractivity contribution is 6.42. The Morgan fingerprint density at radius 3 is 2.50 bits per heavy atom. The third kappa shape index (κ3) is 5.22. The summed E-state index contributed by atoms with van der Waals surface area (Å²) in [7, 11) is 0. The Morgan fingerprint density at radius 2 is 1.92 bits per heavy atom. The second-order valence-corrected chi connectivity index (χ2v) is 7.04. The molecule has 0 saturated carbocycles. The van der Waals surface area contributed by atoms with Crippen molar-refractivity contribution in [3.63, 3.8) is 0 Å². The summed E-state index contributed by atoms with van der Waals surface area (Å²) >= 11 is 12.0. The normalized spacial score (nSPS) is 16.6. The van der Waals surface area contributed by atoms with Crippen molar-refractivity contribution in [1.82, 2.24) is 4.90 Å². The number of carbonyl (C=O) groups excluding carboxylic acids is 2. The second kappa shape index (κ2) is 9.05. The van der Waals surface area contributed by atoms with E-state index >= 15 is 0 Å². The number of rotatable bonds is 6. The molecule has 0 spiro atoms. The number of hydrogen-bond acceptors (Lipinski definition) is 3. The number of aliphatic carboxylic acids is 1. The topological polar surface area (TPSA) is 101 Å². The molecular formula is C18H20Cl2N2O4. The van der Waals surface area contributed by atoms with Crippen molar-refractivity contribution in [1.29, 1.82) is 0 Å². The van der Waals surface area contributed by atoms with Gasteiger partial charge in [0, 0.05) is 25.6 Å². The standard InChI is InChI=1S/C18H20Cl2N2O4/c19-14-3-1-2-12(17(14)20)4-5-16(24)22-8-6-11(7-9-22)13(18(25)26)10-15(21)23/h1-5,11,13H,6-10H2,(H2,21,23)(H,25,26). The summed E-state index contributed by atoms with van der Waals surface area (Å²) in [5, 5.41) is 10.1. The second-order valence-electron chi connectivity index (χ2n) is 6.25. The molecule has 0 aromatic heterocycles. The average Bonchev–Trinajstić information content (AvgIpc) is 2.60. The van der Waals surface area contributed by atoms with Gasteiger partial charge in [-0.3, -0.25) is 14.4 Å². The van der Waals surface area contributed by atoms with Gasteiger partial charge in [0.2, 0.25) is 11.8 Å². The summed E-state index contributed by atoms with van der Waals surface area (Å²) in [6.45, 7) is 0.860. The summed E-state index contributed by atoms with van der Waals surface area (Å²) < 4.78 is 0. The van der Waals surface area contributed by atoms with Crippen LogP contribution >= 0.6 is 23.2 Å². The minimum atomic E-state index is -1.02. The fourth-order valence-corrected chi connectivity index (χ4v) is 3.48. The first-order valence-corrected chi connectivity index (χ1v) is 8.97. The van der Waals surface area contributed by atoms with E-state index in [1.807, 2.05) is 0 Å². The molecule has 1 saturated heterocycles. The maximum absolute atomic E-state index is 12.3. The minimum Gasteiger partial charge on any atom is -0.481 e. The Kier molecular flexibility index (Phi) is 7.06. The lowest BCUT2D eigenvalue weighted by Gasteiger charge is -2.33. The van der Waals surface area contributed by atoms with Crippen LogP contribution in [0.3, 0.4) is 0 Å². The number of carboxylic acids is 1. The molecule has 26 heavy (non-hydrogen) atoms. The number of amides is 2. The lowest BCUT2D eigenvalue weighted by molar-refractivity contribution is -0.146. The van der Waals surface area contributed by atoms with Crippen LogP contribution in [-0.4, -0.2) is 40.9 Å². The molecule has 1 heterocycles. The molecule has 1 aliphatic rings. The highest BCUT2D eigenvalue weighted by atomic mass is 35.5. The van der Waals surface area contributed by atoms with Gasteiger partial charge in [-0.2, -0.15) is 0 Å². The van der Waals surface area contributed by atoms with Gasteiger partial charge >= 0.3 is 5.97 Å². The molecule has 2 amide bonds. The Labute approximate surface area is 161 Å². The number of benzene rings is 1. The van der Waals surface area contributed by atoms with Crippen LogP contribution < -0.4 is 5.73 Å². The number of nitrogens with zero attached hydrogens (tertiary/aromatic N) is 1. The van der Waals surface area contributed by atoms with Crippen molar-refractivity contribution < 1.29 is 19.5 Å². The number of piperidine rings is 1. The molecule has 1 unspecified atom stereocenters. The first-order valence-electron chi connectivity index (χ1n) is 8.21. The first kappa shape index (κ1) is 20.3. The largest absolute Gasteiger partial charge is 0.481 e. The van der Waals surface area contributed by atoms with Crippen molar-refractivity contribution >= 4 is 47.1 Å². The van der Waals surface area contributed by atoms with Crippen LogP contribution in [0.15, 0.2) is 24.3 Å². The van der Waals surface area contributed by atoms with Gasteiger partial charge in [0.1, 0.15) is 0 Å². The molecule has 1 fully saturated rings. The van der Waals surface area contributed by atoms with E-state index in [2.05, 4.69) is 0 Å². The maximum atomic E-state index is 12.3. The lowest BCUT2D eigenvalue weighted by Crippen LogP contribution is -2.41. The van der Waals surface area contributed by atoms with Crippen molar-refractivity contribution in [2.45, 2.75) is 19.3 Å². The highest BCUT2D eigenvalue weighted by Gasteiger charge is 2.33. The molecule has 0 aliphatic carbocycles. The lowest BCUT2D eigenvalue weighted by atomic mass is 9.82. The molecule has 1 aromatic carbocycles. The molecular weight excluding hydrogens is 379 g/mol. The van der Waals surface area contributed by atoms with Crippen LogP contribution in [-0.2, 0) is 14.4 Å². The van der Waals surface area contributed by atoms with E-state index in [1.54, 1.807) is 29.2 Å². The van der Waals surface area contributed by atoms with E-state index in [9.17, 15) is 19.5 Å². The number of halogens is 2. The molecule has 140 valence electrons. The number of carbonyl (C=O) groups is 3. The zero-order valence-electron chi connectivity index (χ0n) is 14.0. The quantitative estimate of drug-likeness (QED) is 0.719. The molecule has 1 aliphatic heterocycles. The van der Waals surface area contributed by atoms with Crippen LogP contribution in [0.25, 0.3) is 6.08 Å². The van der Waals surface area contributed by atoms with Gasteiger partial charge in [-0.1, -0.05) is 35.3 Å². The average molecular weight is 399 g/mol. The van der Waals surface area contributed by atoms with Crippen LogP contribution in [0.5, 0.6) is 0 Å². The van der Waals surface area contributed by atoms with Crippen LogP contribution in [0, 0.1) is 11.8 Å². The predicted octanol–water partition coefficient (Wildman–Crippen LogP) is 2.82. The highest BCUT2D eigenvalue weighted by Crippen LogP contribution is 2.29. The van der Waals surface area contributed by atoms with Crippen molar-refractivity contribution in [2.24, 2.45) is 17.6 Å². The van der Waals surface area contributed by atoms with E-state index in [0.29, 0.717) is 41.5 Å². The van der Waals surface area contributed by atoms with Gasteiger partial charge in [0.15, 0.2) is 0 Å². The third-order valence-corrected chi connectivity index (χ3v) is 5.38. The summed E-state index contributed by atoms with van der Waals surface area (Å²) in [5.74, 6) is -2.80.